The van der Waals surface area contributed by atoms with E-state index in [0.717, 1.165) is 36.0 Å². The van der Waals surface area contributed by atoms with E-state index in [-0.39, 0.29) is 5.41 Å². The van der Waals surface area contributed by atoms with Crippen LogP contribution in [0, 0.1) is 5.92 Å². The summed E-state index contributed by atoms with van der Waals surface area (Å²) in [6.45, 7) is 1.10. The largest absolute Gasteiger partial charge is 0.506 e. The summed E-state index contributed by atoms with van der Waals surface area (Å²) in [5, 5.41) is 18.0. The zero-order chi connectivity index (χ0) is 18.4. The van der Waals surface area contributed by atoms with E-state index in [1.54, 1.807) is 7.11 Å². The van der Waals surface area contributed by atoms with E-state index >= 15 is 0 Å². The molecule has 2 aromatic carbocycles. The van der Waals surface area contributed by atoms with Crippen molar-refractivity contribution in [2.24, 2.45) is 5.92 Å². The predicted molar refractivity (Wildman–Crippen MR) is 108 cm³/mol. The molecule has 0 amide bonds. The molecule has 1 saturated heterocycles. The van der Waals surface area contributed by atoms with Crippen LogP contribution >= 0.6 is 0 Å². The van der Waals surface area contributed by atoms with Crippen LogP contribution in [0.1, 0.15) is 43.2 Å². The van der Waals surface area contributed by atoms with Gasteiger partial charge in [-0.1, -0.05) is 25.0 Å². The lowest BCUT2D eigenvalue weighted by molar-refractivity contribution is 0.0796. The van der Waals surface area contributed by atoms with Gasteiger partial charge in [0.25, 0.3) is 0 Å². The molecule has 2 aromatic rings. The highest BCUT2D eigenvalue weighted by Crippen LogP contribution is 2.55. The molecule has 1 aliphatic heterocycles. The molecule has 2 fully saturated rings. The summed E-state index contributed by atoms with van der Waals surface area (Å²) in [6.07, 6.45) is 7.49. The van der Waals surface area contributed by atoms with Crippen molar-refractivity contribution in [3.8, 4) is 11.5 Å². The number of piperidine rings is 1. The SMILES string of the molecule is COc1ccccc1Nc1cc2c(cc1O)[C@]13CCCC[C@@H]1[C@H](C2)NCC3. The average molecular weight is 364 g/mol. The fourth-order valence-corrected chi connectivity index (χ4v) is 5.96. The Balaban J connectivity index is 1.56. The molecule has 2 aliphatic carbocycles. The van der Waals surface area contributed by atoms with Gasteiger partial charge in [0.05, 0.1) is 18.5 Å². The van der Waals surface area contributed by atoms with E-state index in [2.05, 4.69) is 22.8 Å². The van der Waals surface area contributed by atoms with Gasteiger partial charge < -0.3 is 20.5 Å². The molecular weight excluding hydrogens is 336 g/mol. The molecule has 1 saturated carbocycles. The number of rotatable bonds is 3. The molecule has 142 valence electrons. The van der Waals surface area contributed by atoms with Crippen LogP contribution in [-0.4, -0.2) is 24.8 Å². The second kappa shape index (κ2) is 6.45. The number of aromatic hydroxyl groups is 1. The Bertz CT molecular complexity index is 861. The van der Waals surface area contributed by atoms with Crippen LogP contribution in [0.5, 0.6) is 11.5 Å². The van der Waals surface area contributed by atoms with Gasteiger partial charge in [-0.15, -0.1) is 0 Å². The first-order chi connectivity index (χ1) is 13.2. The van der Waals surface area contributed by atoms with E-state index in [9.17, 15) is 5.11 Å². The average Bonchev–Trinajstić information content (AvgIpc) is 2.70. The predicted octanol–water partition coefficient (Wildman–Crippen LogP) is 4.49. The molecule has 3 aliphatic rings. The van der Waals surface area contributed by atoms with Crippen LogP contribution in [0.15, 0.2) is 36.4 Å². The number of anilines is 2. The molecule has 4 nitrogen and oxygen atoms in total. The quantitative estimate of drug-likeness (QED) is 0.703. The molecule has 27 heavy (non-hydrogen) atoms. The van der Waals surface area contributed by atoms with Gasteiger partial charge in [0.15, 0.2) is 0 Å². The Labute approximate surface area is 160 Å². The fourth-order valence-electron chi connectivity index (χ4n) is 5.96. The number of phenols is 1. The summed E-state index contributed by atoms with van der Waals surface area (Å²) < 4.78 is 5.45. The third-order valence-electron chi connectivity index (χ3n) is 7.14. The minimum atomic E-state index is 0.266. The van der Waals surface area contributed by atoms with Gasteiger partial charge in [-0.2, -0.15) is 0 Å². The summed E-state index contributed by atoms with van der Waals surface area (Å²) in [6, 6.07) is 12.6. The lowest BCUT2D eigenvalue weighted by Crippen LogP contribution is -2.59. The maximum absolute atomic E-state index is 10.9. The second-order valence-electron chi connectivity index (χ2n) is 8.37. The van der Waals surface area contributed by atoms with Crippen LogP contribution in [0.2, 0.25) is 0 Å². The van der Waals surface area contributed by atoms with Gasteiger partial charge in [-0.05, 0) is 73.5 Å². The first kappa shape index (κ1) is 16.9. The number of methoxy groups -OCH3 is 1. The first-order valence-electron chi connectivity index (χ1n) is 10.2. The van der Waals surface area contributed by atoms with Crippen molar-refractivity contribution >= 4 is 11.4 Å². The van der Waals surface area contributed by atoms with Gasteiger partial charge >= 0.3 is 0 Å². The van der Waals surface area contributed by atoms with Crippen LogP contribution < -0.4 is 15.4 Å². The third-order valence-corrected chi connectivity index (χ3v) is 7.14. The van der Waals surface area contributed by atoms with Crippen LogP contribution in [0.4, 0.5) is 11.4 Å². The Morgan fingerprint density at radius 1 is 1.15 bits per heavy atom. The minimum absolute atomic E-state index is 0.266. The molecule has 3 N–H and O–H groups in total. The maximum Gasteiger partial charge on any atom is 0.142 e. The standard InChI is InChI=1S/C23H28N2O2/c1-27-22-8-3-2-7-18(22)25-20-13-15-12-19-16-6-4-5-9-23(16,10-11-24-19)17(15)14-21(20)26/h2-3,7-8,13-14,16,19,24-26H,4-6,9-12H2,1H3/t16-,19+,23+/m1/s1. The zero-order valence-corrected chi connectivity index (χ0v) is 15.9. The summed E-state index contributed by atoms with van der Waals surface area (Å²) in [5.41, 5.74) is 4.70. The molecule has 4 heteroatoms. The maximum atomic E-state index is 10.9. The molecule has 2 bridgehead atoms. The number of phenolic OH excluding ortho intramolecular Hbond substituents is 1. The number of para-hydroxylation sites is 2. The Hall–Kier alpha value is -2.20. The van der Waals surface area contributed by atoms with E-state index in [4.69, 9.17) is 4.74 Å². The number of benzene rings is 2. The lowest BCUT2D eigenvalue weighted by atomic mass is 9.53. The van der Waals surface area contributed by atoms with Crippen molar-refractivity contribution in [2.75, 3.05) is 19.0 Å². The number of hydrogen-bond donors (Lipinski definition) is 3. The summed E-state index contributed by atoms with van der Waals surface area (Å²) >= 11 is 0. The Morgan fingerprint density at radius 2 is 2.04 bits per heavy atom. The highest BCUT2D eigenvalue weighted by Gasteiger charge is 2.51. The second-order valence-corrected chi connectivity index (χ2v) is 8.37. The van der Waals surface area contributed by atoms with Gasteiger partial charge in [0.1, 0.15) is 11.5 Å². The van der Waals surface area contributed by atoms with Crippen molar-refractivity contribution in [1.82, 2.24) is 5.32 Å². The highest BCUT2D eigenvalue weighted by atomic mass is 16.5. The summed E-state index contributed by atoms with van der Waals surface area (Å²) in [7, 11) is 1.67. The number of hydrogen-bond acceptors (Lipinski definition) is 4. The molecule has 5 rings (SSSR count). The van der Waals surface area contributed by atoms with Crippen molar-refractivity contribution in [3.63, 3.8) is 0 Å². The number of fused-ring (bicyclic) bond motifs is 1. The summed E-state index contributed by atoms with van der Waals surface area (Å²) in [4.78, 5) is 0. The fraction of sp³-hybridized carbons (Fsp3) is 0.478. The van der Waals surface area contributed by atoms with Gasteiger partial charge in [-0.3, -0.25) is 0 Å². The molecule has 0 unspecified atom stereocenters. The van der Waals surface area contributed by atoms with Gasteiger partial charge in [0.2, 0.25) is 0 Å². The monoisotopic (exact) mass is 364 g/mol. The molecule has 1 heterocycles. The topological polar surface area (TPSA) is 53.5 Å². The van der Waals surface area contributed by atoms with Crippen LogP contribution in [-0.2, 0) is 11.8 Å². The molecule has 0 aromatic heterocycles. The summed E-state index contributed by atoms with van der Waals surface area (Å²) in [5.74, 6) is 1.84. The number of ether oxygens (including phenoxy) is 1. The van der Waals surface area contributed by atoms with Crippen molar-refractivity contribution in [2.45, 2.75) is 50.0 Å². The van der Waals surface area contributed by atoms with E-state index < -0.39 is 0 Å². The van der Waals surface area contributed by atoms with Crippen LogP contribution in [0.3, 0.4) is 0 Å². The highest BCUT2D eigenvalue weighted by molar-refractivity contribution is 5.72. The lowest BCUT2D eigenvalue weighted by Gasteiger charge is -2.56. The molecular formula is C23H28N2O2. The Morgan fingerprint density at radius 3 is 2.93 bits per heavy atom. The normalized spacial score (nSPS) is 28.8. The van der Waals surface area contributed by atoms with E-state index in [0.29, 0.717) is 11.8 Å². The Kier molecular flexibility index (Phi) is 4.05. The van der Waals surface area contributed by atoms with Crippen LogP contribution in [0.25, 0.3) is 0 Å². The minimum Gasteiger partial charge on any atom is -0.506 e. The van der Waals surface area contributed by atoms with Gasteiger partial charge in [-0.25, -0.2) is 0 Å². The van der Waals surface area contributed by atoms with E-state index in [1.165, 1.54) is 43.2 Å². The zero-order valence-electron chi connectivity index (χ0n) is 15.9. The molecule has 0 spiro atoms. The molecule has 0 radical (unpaired) electrons. The van der Waals surface area contributed by atoms with Crippen molar-refractivity contribution < 1.29 is 9.84 Å². The van der Waals surface area contributed by atoms with Crippen molar-refractivity contribution in [1.29, 1.82) is 0 Å². The van der Waals surface area contributed by atoms with Crippen molar-refractivity contribution in [3.05, 3.63) is 47.5 Å². The van der Waals surface area contributed by atoms with E-state index in [1.807, 2.05) is 24.3 Å². The van der Waals surface area contributed by atoms with Gasteiger partial charge in [0, 0.05) is 11.5 Å². The third kappa shape index (κ3) is 2.61. The smallest absolute Gasteiger partial charge is 0.142 e. The first-order valence-corrected chi connectivity index (χ1v) is 10.2. The number of nitrogens with one attached hydrogen (secondary N) is 2. The molecule has 3 atom stereocenters.